The van der Waals surface area contributed by atoms with E-state index in [1.54, 1.807) is 7.11 Å². The molecule has 1 aromatic rings. The van der Waals surface area contributed by atoms with Crippen molar-refractivity contribution in [2.75, 3.05) is 7.11 Å². The van der Waals surface area contributed by atoms with Crippen LogP contribution in [0.3, 0.4) is 0 Å². The minimum Gasteiger partial charge on any atom is -0.514 e. The smallest absolute Gasteiger partial charge is 0.432 e. The maximum atomic E-state index is 6.24. The van der Waals surface area contributed by atoms with Gasteiger partial charge in [0.1, 0.15) is 5.75 Å². The van der Waals surface area contributed by atoms with Crippen LogP contribution in [0.2, 0.25) is 6.04 Å². The molecule has 0 fully saturated rings. The quantitative estimate of drug-likeness (QED) is 0.215. The second-order valence-corrected chi connectivity index (χ2v) is 116. The standard InChI is InChI=1S/C17H34O4Si9/c1-7-19-27(20-8-2)28(30(24,25)26,29(22,23)21-9-3)11-10-16-12-14(4)17(18-6)15(5)13-16/h1-3,12-13,27H,10-11H2,4-6,22-26H3. The molecule has 0 radical (unpaired) electrons. The molecule has 0 spiro atoms. The number of ether oxygens (including phenoxy) is 1. The van der Waals surface area contributed by atoms with Crippen molar-refractivity contribution in [1.29, 1.82) is 0 Å². The molecular weight excluding hydrogens is 521 g/mol. The summed E-state index contributed by atoms with van der Waals surface area (Å²) in [6, 6.07) is 5.59. The maximum Gasteiger partial charge on any atom is 0.432 e. The van der Waals surface area contributed by atoms with Gasteiger partial charge in [-0.15, -0.1) is 0 Å². The molecule has 0 saturated heterocycles. The zero-order valence-corrected chi connectivity index (χ0v) is 33.7. The van der Waals surface area contributed by atoms with Gasteiger partial charge in [-0.2, -0.15) is 0 Å². The van der Waals surface area contributed by atoms with Crippen molar-refractivity contribution in [3.63, 3.8) is 0 Å². The Morgan fingerprint density at radius 2 is 1.43 bits per heavy atom. The fourth-order valence-corrected chi connectivity index (χ4v) is 274. The molecule has 1 unspecified atom stereocenters. The van der Waals surface area contributed by atoms with E-state index in [-0.39, 0.29) is 0 Å². The van der Waals surface area contributed by atoms with Gasteiger partial charge in [-0.1, -0.05) is 37.4 Å². The monoisotopic (exact) mass is 554 g/mol. The molecule has 0 amide bonds. The van der Waals surface area contributed by atoms with E-state index in [9.17, 15) is 0 Å². The second kappa shape index (κ2) is 11.1. The van der Waals surface area contributed by atoms with Crippen LogP contribution in [0.1, 0.15) is 16.7 Å². The van der Waals surface area contributed by atoms with Crippen LogP contribution in [0.25, 0.3) is 0 Å². The number of methoxy groups -OCH3 is 1. The minimum atomic E-state index is -2.23. The van der Waals surface area contributed by atoms with Gasteiger partial charge in [-0.3, -0.25) is 0 Å². The van der Waals surface area contributed by atoms with Crippen molar-refractivity contribution >= 4 is 77.2 Å². The highest BCUT2D eigenvalue weighted by Gasteiger charge is 2.67. The first-order chi connectivity index (χ1) is 13.9. The number of hydrogen-bond donors (Lipinski definition) is 0. The van der Waals surface area contributed by atoms with Gasteiger partial charge in [0.05, 0.1) is 25.4 Å². The Balaban J connectivity index is 3.59. The van der Waals surface area contributed by atoms with Gasteiger partial charge in [0.2, 0.25) is 6.87 Å². The average Bonchev–Trinajstić information content (AvgIpc) is 2.60. The molecule has 162 valence electrons. The van der Waals surface area contributed by atoms with Crippen LogP contribution in [0.4, 0.5) is 0 Å². The number of terminal acetylenes is 3. The minimum absolute atomic E-state index is 0.962. The number of benzene rings is 1. The van der Waals surface area contributed by atoms with E-state index in [0.29, 0.717) is 0 Å². The van der Waals surface area contributed by atoms with Gasteiger partial charge in [-0.25, -0.2) is 0 Å². The average molecular weight is 555 g/mol. The lowest BCUT2D eigenvalue weighted by atomic mass is 10.0. The summed E-state index contributed by atoms with van der Waals surface area (Å²) >= 11 is 0. The summed E-state index contributed by atoms with van der Waals surface area (Å²) in [7, 11) is 5.18. The first kappa shape index (κ1) is 27.1. The lowest BCUT2D eigenvalue weighted by molar-refractivity contribution is 0.400. The van der Waals surface area contributed by atoms with Crippen LogP contribution < -0.4 is 4.74 Å². The van der Waals surface area contributed by atoms with Crippen molar-refractivity contribution in [2.45, 2.75) is 26.3 Å². The third-order valence-corrected chi connectivity index (χ3v) is 155. The molecule has 0 aliphatic rings. The summed E-state index contributed by atoms with van der Waals surface area (Å²) in [4.78, 5) is 0. The molecular formula is C17H34O4Si9. The van der Waals surface area contributed by atoms with Crippen molar-refractivity contribution in [3.8, 4) is 43.3 Å². The number of hydrogen-bond acceptors (Lipinski definition) is 4. The summed E-state index contributed by atoms with van der Waals surface area (Å²) in [5, 5.41) is 0. The van der Waals surface area contributed by atoms with Gasteiger partial charge >= 0.3 is 8.80 Å². The van der Waals surface area contributed by atoms with E-state index >= 15 is 0 Å². The van der Waals surface area contributed by atoms with E-state index in [2.05, 4.69) is 44.3 Å². The second-order valence-electron chi connectivity index (χ2n) is 9.02. The highest BCUT2D eigenvalue weighted by Crippen LogP contribution is 2.32. The van der Waals surface area contributed by atoms with Crippen molar-refractivity contribution in [1.82, 2.24) is 0 Å². The Bertz CT molecular complexity index is 840. The van der Waals surface area contributed by atoms with Crippen LogP contribution in [-0.2, 0) is 19.7 Å². The summed E-state index contributed by atoms with van der Waals surface area (Å²) in [5.74, 6) is 0.962. The summed E-state index contributed by atoms with van der Waals surface area (Å²) in [6.07, 6.45) is 24.0. The zero-order chi connectivity index (χ0) is 23.2. The van der Waals surface area contributed by atoms with Crippen LogP contribution in [0.5, 0.6) is 5.75 Å². The highest BCUT2D eigenvalue weighted by molar-refractivity contribution is 8.11. The molecule has 0 bridgehead atoms. The largest absolute Gasteiger partial charge is 0.514 e. The Morgan fingerprint density at radius 1 is 0.933 bits per heavy atom. The highest BCUT2D eigenvalue weighted by atomic mass is 30.4. The summed E-state index contributed by atoms with van der Waals surface area (Å²) in [5.41, 5.74) is 3.66. The molecule has 30 heavy (non-hydrogen) atoms. The maximum absolute atomic E-state index is 6.24. The predicted octanol–water partition coefficient (Wildman–Crippen LogP) is -4.71. The molecule has 0 N–H and O–H groups in total. The topological polar surface area (TPSA) is 36.9 Å². The Kier molecular flexibility index (Phi) is 10.0. The molecule has 1 aromatic carbocycles. The first-order valence-electron chi connectivity index (χ1n) is 9.92. The Hall–Kier alpha value is -0.948. The van der Waals surface area contributed by atoms with Crippen molar-refractivity contribution < 1.29 is 18.0 Å². The molecule has 1 atom stereocenters. The molecule has 4 nitrogen and oxygen atoms in total. The molecule has 0 saturated carbocycles. The third kappa shape index (κ3) is 5.64. The molecule has 0 aliphatic carbocycles. The summed E-state index contributed by atoms with van der Waals surface area (Å²) in [6.45, 7) is 0.137. The van der Waals surface area contributed by atoms with E-state index < -0.39 is 28.4 Å². The first-order valence-corrected chi connectivity index (χ1v) is 38.3. The Morgan fingerprint density at radius 3 is 1.80 bits per heavy atom. The number of rotatable bonds is 10. The fraction of sp³-hybridized carbons (Fsp3) is 0.294. The van der Waals surface area contributed by atoms with Crippen molar-refractivity contribution in [2.24, 2.45) is 0 Å². The van der Waals surface area contributed by atoms with E-state index in [4.69, 9.17) is 37.3 Å². The fourth-order valence-electron chi connectivity index (χ4n) is 4.77. The van der Waals surface area contributed by atoms with E-state index in [1.807, 2.05) is 0 Å². The molecule has 0 heterocycles. The normalized spacial score (nSPS) is 17.1. The number of aryl methyl sites for hydroxylation is 3. The lowest BCUT2D eigenvalue weighted by Gasteiger charge is -2.50. The van der Waals surface area contributed by atoms with Crippen LogP contribution >= 0.6 is 0 Å². The van der Waals surface area contributed by atoms with Gasteiger partial charge in [0.25, 0.3) is 0 Å². The SMILES string of the molecule is C#CO[SiH](OC#C)[Si](CCc1cc(C)c(OC)c(C)c1)([Si]([SiH3])([SiH3])[SiH3])[Si]([SiH3])([SiH3])OC#C. The molecule has 0 aliphatic heterocycles. The molecule has 1 rings (SSSR count). The van der Waals surface area contributed by atoms with Gasteiger partial charge in [0.15, 0.2) is 6.63 Å². The van der Waals surface area contributed by atoms with E-state index in [0.717, 1.165) is 37.7 Å². The zero-order valence-electron chi connectivity index (χ0n) is 19.5. The van der Waals surface area contributed by atoms with Gasteiger partial charge in [0, 0.05) is 25.7 Å². The van der Waals surface area contributed by atoms with Crippen LogP contribution in [0, 0.1) is 51.4 Å². The predicted molar refractivity (Wildman–Crippen MR) is 155 cm³/mol. The van der Waals surface area contributed by atoms with Crippen LogP contribution in [-0.4, -0.2) is 84.4 Å². The van der Waals surface area contributed by atoms with Gasteiger partial charge < -0.3 is 18.0 Å². The summed E-state index contributed by atoms with van der Waals surface area (Å²) < 4.78 is 23.7. The lowest BCUT2D eigenvalue weighted by Crippen LogP contribution is -2.88. The van der Waals surface area contributed by atoms with Gasteiger partial charge in [-0.05, 0) is 66.2 Å². The van der Waals surface area contributed by atoms with Crippen LogP contribution in [0.15, 0.2) is 12.1 Å². The molecule has 0 aromatic heterocycles. The van der Waals surface area contributed by atoms with E-state index in [1.165, 1.54) is 46.0 Å². The van der Waals surface area contributed by atoms with Crippen molar-refractivity contribution in [3.05, 3.63) is 28.8 Å². The third-order valence-electron chi connectivity index (χ3n) is 6.01. The Labute approximate surface area is 200 Å². The molecule has 13 heteroatoms.